The molecule has 21 heavy (non-hydrogen) atoms. The van der Waals surface area contributed by atoms with E-state index in [4.69, 9.17) is 0 Å². The van der Waals surface area contributed by atoms with Crippen LogP contribution in [0.15, 0.2) is 36.4 Å². The fraction of sp³-hybridized carbons (Fsp3) is 0.250. The fourth-order valence-corrected chi connectivity index (χ4v) is 2.02. The van der Waals surface area contributed by atoms with Crippen LogP contribution in [0.2, 0.25) is 0 Å². The molecule has 0 spiro atoms. The Balaban J connectivity index is 2.22. The minimum absolute atomic E-state index is 0.0159. The zero-order chi connectivity index (χ0) is 15.6. The number of aryl methyl sites for hydroxylation is 2. The van der Waals surface area contributed by atoms with Crippen LogP contribution in [-0.4, -0.2) is 0 Å². The third kappa shape index (κ3) is 3.74. The SMILES string of the molecule is Cc1ccc(NCc2ccc(F)cc2C(F)(F)F)cc1C. The quantitative estimate of drug-likeness (QED) is 0.780. The molecule has 0 aliphatic heterocycles. The lowest BCUT2D eigenvalue weighted by Gasteiger charge is -2.14. The van der Waals surface area contributed by atoms with Crippen LogP contribution in [-0.2, 0) is 12.7 Å². The largest absolute Gasteiger partial charge is 0.416 e. The van der Waals surface area contributed by atoms with E-state index < -0.39 is 17.6 Å². The molecule has 0 unspecified atom stereocenters. The topological polar surface area (TPSA) is 12.0 Å². The van der Waals surface area contributed by atoms with Gasteiger partial charge in [-0.05, 0) is 54.8 Å². The molecule has 1 nitrogen and oxygen atoms in total. The van der Waals surface area contributed by atoms with Crippen molar-refractivity contribution in [1.29, 1.82) is 0 Å². The van der Waals surface area contributed by atoms with Gasteiger partial charge in [-0.3, -0.25) is 0 Å². The third-order valence-corrected chi connectivity index (χ3v) is 3.37. The van der Waals surface area contributed by atoms with E-state index in [1.54, 1.807) is 6.07 Å². The summed E-state index contributed by atoms with van der Waals surface area (Å²) in [5.74, 6) is -0.891. The number of alkyl halides is 3. The van der Waals surface area contributed by atoms with Gasteiger partial charge < -0.3 is 5.32 Å². The van der Waals surface area contributed by atoms with E-state index in [1.165, 1.54) is 0 Å². The highest BCUT2D eigenvalue weighted by atomic mass is 19.4. The van der Waals surface area contributed by atoms with Crippen molar-refractivity contribution in [1.82, 2.24) is 0 Å². The lowest BCUT2D eigenvalue weighted by atomic mass is 10.1. The van der Waals surface area contributed by atoms with Crippen molar-refractivity contribution in [2.24, 2.45) is 0 Å². The standard InChI is InChI=1S/C16H15F4N/c1-10-3-6-14(7-11(10)2)21-9-12-4-5-13(17)8-15(12)16(18,19)20/h3-8,21H,9H2,1-2H3. The van der Waals surface area contributed by atoms with Crippen molar-refractivity contribution in [3.05, 3.63) is 64.5 Å². The van der Waals surface area contributed by atoms with Crippen LogP contribution >= 0.6 is 0 Å². The zero-order valence-corrected chi connectivity index (χ0v) is 11.7. The summed E-state index contributed by atoms with van der Waals surface area (Å²) in [5, 5.41) is 2.94. The average molecular weight is 297 g/mol. The van der Waals surface area contributed by atoms with Gasteiger partial charge in [-0.1, -0.05) is 12.1 Å². The molecule has 0 saturated carbocycles. The van der Waals surface area contributed by atoms with Gasteiger partial charge in [-0.2, -0.15) is 13.2 Å². The monoisotopic (exact) mass is 297 g/mol. The fourth-order valence-electron chi connectivity index (χ4n) is 2.02. The average Bonchev–Trinajstić information content (AvgIpc) is 2.40. The first kappa shape index (κ1) is 15.4. The Bertz CT molecular complexity index is 647. The van der Waals surface area contributed by atoms with Crippen molar-refractivity contribution in [3.8, 4) is 0 Å². The van der Waals surface area contributed by atoms with E-state index in [0.29, 0.717) is 6.07 Å². The molecule has 5 heteroatoms. The van der Waals surface area contributed by atoms with Gasteiger partial charge in [-0.15, -0.1) is 0 Å². The van der Waals surface area contributed by atoms with Gasteiger partial charge in [-0.25, -0.2) is 4.39 Å². The van der Waals surface area contributed by atoms with Crippen LogP contribution in [0.1, 0.15) is 22.3 Å². The van der Waals surface area contributed by atoms with Crippen LogP contribution < -0.4 is 5.32 Å². The van der Waals surface area contributed by atoms with Gasteiger partial charge in [0.05, 0.1) is 5.56 Å². The Kier molecular flexibility index (Phi) is 4.21. The first-order chi connectivity index (χ1) is 9.77. The molecule has 2 aromatic rings. The summed E-state index contributed by atoms with van der Waals surface area (Å²) >= 11 is 0. The molecule has 0 aromatic heterocycles. The predicted octanol–water partition coefficient (Wildman–Crippen LogP) is 5.07. The third-order valence-electron chi connectivity index (χ3n) is 3.37. The van der Waals surface area contributed by atoms with Crippen LogP contribution in [0.3, 0.4) is 0 Å². The number of halogens is 4. The first-order valence-corrected chi connectivity index (χ1v) is 6.44. The second kappa shape index (κ2) is 5.76. The normalized spacial score (nSPS) is 11.5. The van der Waals surface area contributed by atoms with Crippen molar-refractivity contribution in [2.45, 2.75) is 26.6 Å². The minimum Gasteiger partial charge on any atom is -0.381 e. The summed E-state index contributed by atoms with van der Waals surface area (Å²) in [5.41, 5.74) is 1.96. The molecular weight excluding hydrogens is 282 g/mol. The van der Waals surface area contributed by atoms with Crippen LogP contribution in [0.5, 0.6) is 0 Å². The zero-order valence-electron chi connectivity index (χ0n) is 11.7. The first-order valence-electron chi connectivity index (χ1n) is 6.44. The van der Waals surface area contributed by atoms with Crippen molar-refractivity contribution in [3.63, 3.8) is 0 Å². The molecule has 0 amide bonds. The number of benzene rings is 2. The Morgan fingerprint density at radius 1 is 0.952 bits per heavy atom. The van der Waals surface area contributed by atoms with E-state index in [0.717, 1.165) is 28.9 Å². The summed E-state index contributed by atoms with van der Waals surface area (Å²) < 4.78 is 51.6. The molecule has 2 rings (SSSR count). The molecule has 0 bridgehead atoms. The van der Waals surface area contributed by atoms with E-state index in [2.05, 4.69) is 5.32 Å². The number of anilines is 1. The molecular formula is C16H15F4N. The summed E-state index contributed by atoms with van der Waals surface area (Å²) in [6.07, 6.45) is -4.57. The molecule has 2 aromatic carbocycles. The highest BCUT2D eigenvalue weighted by Crippen LogP contribution is 2.33. The van der Waals surface area contributed by atoms with Gasteiger partial charge in [0.25, 0.3) is 0 Å². The molecule has 0 aliphatic carbocycles. The molecule has 0 aliphatic rings. The minimum atomic E-state index is -4.57. The number of hydrogen-bond donors (Lipinski definition) is 1. The van der Waals surface area contributed by atoms with Gasteiger partial charge in [0.15, 0.2) is 0 Å². The molecule has 112 valence electrons. The van der Waals surface area contributed by atoms with Crippen LogP contribution in [0.4, 0.5) is 23.2 Å². The van der Waals surface area contributed by atoms with E-state index in [1.807, 2.05) is 26.0 Å². The number of hydrogen-bond acceptors (Lipinski definition) is 1. The molecule has 0 heterocycles. The molecule has 0 atom stereocenters. The van der Waals surface area contributed by atoms with Crippen LogP contribution in [0.25, 0.3) is 0 Å². The summed E-state index contributed by atoms with van der Waals surface area (Å²) in [7, 11) is 0. The van der Waals surface area contributed by atoms with Gasteiger partial charge in [0.2, 0.25) is 0 Å². The Morgan fingerprint density at radius 3 is 2.29 bits per heavy atom. The van der Waals surface area contributed by atoms with E-state index in [9.17, 15) is 17.6 Å². The van der Waals surface area contributed by atoms with Crippen LogP contribution in [0, 0.1) is 19.7 Å². The summed E-state index contributed by atoms with van der Waals surface area (Å²) in [4.78, 5) is 0. The maximum atomic E-state index is 13.0. The highest BCUT2D eigenvalue weighted by Gasteiger charge is 2.33. The second-order valence-corrected chi connectivity index (χ2v) is 4.95. The highest BCUT2D eigenvalue weighted by molar-refractivity contribution is 5.49. The Morgan fingerprint density at radius 2 is 1.67 bits per heavy atom. The van der Waals surface area contributed by atoms with Crippen molar-refractivity contribution in [2.75, 3.05) is 5.32 Å². The maximum absolute atomic E-state index is 13.0. The van der Waals surface area contributed by atoms with E-state index >= 15 is 0 Å². The number of nitrogens with one attached hydrogen (secondary N) is 1. The van der Waals surface area contributed by atoms with Gasteiger partial charge in [0, 0.05) is 12.2 Å². The lowest BCUT2D eigenvalue weighted by Crippen LogP contribution is -2.12. The van der Waals surface area contributed by atoms with Gasteiger partial charge >= 0.3 is 6.18 Å². The Labute approximate surface area is 120 Å². The van der Waals surface area contributed by atoms with Crippen molar-refractivity contribution < 1.29 is 17.6 Å². The van der Waals surface area contributed by atoms with E-state index in [-0.39, 0.29) is 12.1 Å². The Hall–Kier alpha value is -2.04. The summed E-state index contributed by atoms with van der Waals surface area (Å²) in [6.45, 7) is 3.87. The molecule has 0 fully saturated rings. The lowest BCUT2D eigenvalue weighted by molar-refractivity contribution is -0.138. The second-order valence-electron chi connectivity index (χ2n) is 4.95. The smallest absolute Gasteiger partial charge is 0.381 e. The predicted molar refractivity (Wildman–Crippen MR) is 74.6 cm³/mol. The summed E-state index contributed by atoms with van der Waals surface area (Å²) in [6, 6.07) is 8.29. The maximum Gasteiger partial charge on any atom is 0.416 e. The van der Waals surface area contributed by atoms with Crippen molar-refractivity contribution >= 4 is 5.69 Å². The molecule has 0 radical (unpaired) electrons. The van der Waals surface area contributed by atoms with Gasteiger partial charge in [0.1, 0.15) is 5.82 Å². The molecule has 0 saturated heterocycles. The number of rotatable bonds is 3. The molecule has 1 N–H and O–H groups in total.